The number of nitrogens with one attached hydrogen (secondary N) is 1. The Bertz CT molecular complexity index is 530. The molecule has 1 aliphatic heterocycles. The highest BCUT2D eigenvalue weighted by molar-refractivity contribution is 7.91. The summed E-state index contributed by atoms with van der Waals surface area (Å²) in [6.45, 7) is 0. The van der Waals surface area contributed by atoms with E-state index in [4.69, 9.17) is 10.5 Å². The molecule has 1 aromatic heterocycles. The zero-order chi connectivity index (χ0) is 13.2. The quantitative estimate of drug-likeness (QED) is 0.838. The Kier molecular flexibility index (Phi) is 3.60. The van der Waals surface area contributed by atoms with Crippen molar-refractivity contribution in [1.29, 1.82) is 0 Å². The number of hydrogen-bond donors (Lipinski definition) is 2. The SMILES string of the molecule is COc1nc(NC2CCCS(=O)(=O)C2)ccc1N. The summed E-state index contributed by atoms with van der Waals surface area (Å²) < 4.78 is 28.1. The van der Waals surface area contributed by atoms with Crippen LogP contribution in [-0.4, -0.2) is 38.1 Å². The van der Waals surface area contributed by atoms with Gasteiger partial charge in [0.2, 0.25) is 5.88 Å². The first-order chi connectivity index (χ1) is 8.50. The van der Waals surface area contributed by atoms with Gasteiger partial charge in [0.25, 0.3) is 0 Å². The topological polar surface area (TPSA) is 94.3 Å². The van der Waals surface area contributed by atoms with Gasteiger partial charge in [-0.25, -0.2) is 8.42 Å². The van der Waals surface area contributed by atoms with Crippen molar-refractivity contribution >= 4 is 21.3 Å². The number of pyridine rings is 1. The molecule has 0 aliphatic carbocycles. The number of nitrogens with two attached hydrogens (primary N) is 1. The number of nitrogens with zero attached hydrogens (tertiary/aromatic N) is 1. The predicted molar refractivity (Wildman–Crippen MR) is 70.5 cm³/mol. The number of anilines is 2. The highest BCUT2D eigenvalue weighted by Gasteiger charge is 2.24. The Morgan fingerprint density at radius 2 is 2.28 bits per heavy atom. The first kappa shape index (κ1) is 12.9. The van der Waals surface area contributed by atoms with Crippen molar-refractivity contribution in [2.45, 2.75) is 18.9 Å². The van der Waals surface area contributed by atoms with Crippen LogP contribution >= 0.6 is 0 Å². The molecule has 3 N–H and O–H groups in total. The summed E-state index contributed by atoms with van der Waals surface area (Å²) in [4.78, 5) is 4.18. The Balaban J connectivity index is 2.09. The van der Waals surface area contributed by atoms with Gasteiger partial charge in [0, 0.05) is 6.04 Å². The van der Waals surface area contributed by atoms with E-state index in [0.29, 0.717) is 23.8 Å². The van der Waals surface area contributed by atoms with Gasteiger partial charge in [0.15, 0.2) is 9.84 Å². The second-order valence-electron chi connectivity index (χ2n) is 4.39. The molecule has 18 heavy (non-hydrogen) atoms. The lowest BCUT2D eigenvalue weighted by Crippen LogP contribution is -2.35. The van der Waals surface area contributed by atoms with Gasteiger partial charge in [-0.1, -0.05) is 0 Å². The van der Waals surface area contributed by atoms with Crippen LogP contribution in [-0.2, 0) is 9.84 Å². The molecule has 1 saturated heterocycles. The predicted octanol–water partition coefficient (Wildman–Crippen LogP) is 0.661. The first-order valence-corrected chi connectivity index (χ1v) is 7.60. The van der Waals surface area contributed by atoms with E-state index in [1.165, 1.54) is 7.11 Å². The van der Waals surface area contributed by atoms with E-state index in [-0.39, 0.29) is 17.5 Å². The smallest absolute Gasteiger partial charge is 0.238 e. The average Bonchev–Trinajstić information content (AvgIpc) is 2.30. The van der Waals surface area contributed by atoms with E-state index in [1.807, 2.05) is 0 Å². The molecular formula is C11H17N3O3S. The van der Waals surface area contributed by atoms with Gasteiger partial charge in [-0.05, 0) is 25.0 Å². The van der Waals surface area contributed by atoms with E-state index in [1.54, 1.807) is 12.1 Å². The molecule has 0 radical (unpaired) electrons. The summed E-state index contributed by atoms with van der Waals surface area (Å²) >= 11 is 0. The third kappa shape index (κ3) is 3.04. The zero-order valence-electron chi connectivity index (χ0n) is 10.2. The van der Waals surface area contributed by atoms with Gasteiger partial charge >= 0.3 is 0 Å². The van der Waals surface area contributed by atoms with Crippen LogP contribution in [0.5, 0.6) is 5.88 Å². The molecule has 100 valence electrons. The molecule has 1 fully saturated rings. The number of methoxy groups -OCH3 is 1. The Morgan fingerprint density at radius 3 is 2.94 bits per heavy atom. The zero-order valence-corrected chi connectivity index (χ0v) is 11.0. The van der Waals surface area contributed by atoms with Crippen LogP contribution in [0.3, 0.4) is 0 Å². The van der Waals surface area contributed by atoms with Crippen LogP contribution in [0.25, 0.3) is 0 Å². The highest BCUT2D eigenvalue weighted by atomic mass is 32.2. The monoisotopic (exact) mass is 271 g/mol. The van der Waals surface area contributed by atoms with Gasteiger partial charge in [0.1, 0.15) is 5.82 Å². The molecule has 2 rings (SSSR count). The van der Waals surface area contributed by atoms with Crippen LogP contribution in [0.2, 0.25) is 0 Å². The summed E-state index contributed by atoms with van der Waals surface area (Å²) in [5.74, 6) is 1.37. The molecule has 0 spiro atoms. The first-order valence-electron chi connectivity index (χ1n) is 5.77. The molecule has 1 aromatic rings. The largest absolute Gasteiger partial charge is 0.479 e. The third-order valence-corrected chi connectivity index (χ3v) is 4.72. The second kappa shape index (κ2) is 5.01. The van der Waals surface area contributed by atoms with Crippen molar-refractivity contribution in [1.82, 2.24) is 4.98 Å². The van der Waals surface area contributed by atoms with Crippen molar-refractivity contribution in [2.24, 2.45) is 0 Å². The summed E-state index contributed by atoms with van der Waals surface area (Å²) in [6, 6.07) is 3.31. The highest BCUT2D eigenvalue weighted by Crippen LogP contribution is 2.22. The molecule has 0 amide bonds. The molecule has 1 aliphatic rings. The van der Waals surface area contributed by atoms with Crippen LogP contribution < -0.4 is 15.8 Å². The summed E-state index contributed by atoms with van der Waals surface area (Å²) in [5, 5.41) is 3.11. The molecule has 1 unspecified atom stereocenters. The summed E-state index contributed by atoms with van der Waals surface area (Å²) in [5.41, 5.74) is 6.12. The number of ether oxygens (including phenoxy) is 1. The van der Waals surface area contributed by atoms with Gasteiger partial charge < -0.3 is 15.8 Å². The molecule has 1 atom stereocenters. The Morgan fingerprint density at radius 1 is 1.50 bits per heavy atom. The fourth-order valence-corrected chi connectivity index (χ4v) is 3.68. The van der Waals surface area contributed by atoms with Gasteiger partial charge in [0.05, 0.1) is 24.3 Å². The van der Waals surface area contributed by atoms with Crippen LogP contribution in [0.15, 0.2) is 12.1 Å². The van der Waals surface area contributed by atoms with Gasteiger partial charge in [-0.3, -0.25) is 0 Å². The van der Waals surface area contributed by atoms with Crippen LogP contribution in [0.4, 0.5) is 11.5 Å². The minimum Gasteiger partial charge on any atom is -0.479 e. The summed E-state index contributed by atoms with van der Waals surface area (Å²) in [6.07, 6.45) is 1.51. The maximum absolute atomic E-state index is 11.5. The maximum atomic E-state index is 11.5. The molecule has 0 aromatic carbocycles. The van der Waals surface area contributed by atoms with Crippen LogP contribution in [0.1, 0.15) is 12.8 Å². The molecular weight excluding hydrogens is 254 g/mol. The molecule has 0 saturated carbocycles. The minimum absolute atomic E-state index is 0.0930. The fraction of sp³-hybridized carbons (Fsp3) is 0.545. The van der Waals surface area contributed by atoms with E-state index >= 15 is 0 Å². The van der Waals surface area contributed by atoms with Gasteiger partial charge in [-0.2, -0.15) is 4.98 Å². The molecule has 2 heterocycles. The lowest BCUT2D eigenvalue weighted by Gasteiger charge is -2.23. The Labute approximate surface area is 106 Å². The number of rotatable bonds is 3. The minimum atomic E-state index is -2.92. The van der Waals surface area contributed by atoms with Crippen molar-refractivity contribution in [3.8, 4) is 5.88 Å². The fourth-order valence-electron chi connectivity index (χ4n) is 2.04. The van der Waals surface area contributed by atoms with Crippen molar-refractivity contribution < 1.29 is 13.2 Å². The van der Waals surface area contributed by atoms with Crippen molar-refractivity contribution in [3.05, 3.63) is 12.1 Å². The van der Waals surface area contributed by atoms with E-state index in [0.717, 1.165) is 6.42 Å². The van der Waals surface area contributed by atoms with E-state index in [9.17, 15) is 8.42 Å². The summed E-state index contributed by atoms with van der Waals surface area (Å²) in [7, 11) is -1.43. The Hall–Kier alpha value is -1.50. The third-order valence-electron chi connectivity index (χ3n) is 2.90. The molecule has 6 nitrogen and oxygen atoms in total. The van der Waals surface area contributed by atoms with E-state index < -0.39 is 9.84 Å². The average molecular weight is 271 g/mol. The molecule has 7 heteroatoms. The number of nitrogen functional groups attached to an aromatic ring is 1. The maximum Gasteiger partial charge on any atom is 0.238 e. The standard InChI is InChI=1S/C11H17N3O3S/c1-17-11-9(12)4-5-10(14-11)13-8-3-2-6-18(15,16)7-8/h4-5,8H,2-3,6-7,12H2,1H3,(H,13,14). The second-order valence-corrected chi connectivity index (χ2v) is 6.62. The lowest BCUT2D eigenvalue weighted by molar-refractivity contribution is 0.400. The van der Waals surface area contributed by atoms with Gasteiger partial charge in [-0.15, -0.1) is 0 Å². The van der Waals surface area contributed by atoms with Crippen molar-refractivity contribution in [3.63, 3.8) is 0 Å². The van der Waals surface area contributed by atoms with E-state index in [2.05, 4.69) is 10.3 Å². The normalized spacial score (nSPS) is 22.4. The number of aromatic nitrogens is 1. The lowest BCUT2D eigenvalue weighted by atomic mass is 10.2. The van der Waals surface area contributed by atoms with Crippen molar-refractivity contribution in [2.75, 3.05) is 29.7 Å². The number of hydrogen-bond acceptors (Lipinski definition) is 6. The van der Waals surface area contributed by atoms with Crippen LogP contribution in [0, 0.1) is 0 Å². The number of sulfone groups is 1. The molecule has 0 bridgehead atoms.